The third-order valence-electron chi connectivity index (χ3n) is 3.56. The van der Waals surface area contributed by atoms with Gasteiger partial charge < -0.3 is 10.7 Å². The molecule has 0 amide bonds. The first-order valence-electron chi connectivity index (χ1n) is 4.86. The standard InChI is InChI=1S/C11H18N2/c1-6-5-13-7(2)8(6)9-10(12)11(9,3)4/h5,9-10,13H,12H2,1-4H3. The second-order valence-corrected chi connectivity index (χ2v) is 4.84. The van der Waals surface area contributed by atoms with Crippen molar-refractivity contribution in [3.05, 3.63) is 23.0 Å². The summed E-state index contributed by atoms with van der Waals surface area (Å²) in [6.45, 7) is 8.77. The number of nitrogens with two attached hydrogens (primary N) is 1. The van der Waals surface area contributed by atoms with E-state index in [1.807, 2.05) is 0 Å². The minimum Gasteiger partial charge on any atom is -0.365 e. The Bertz CT molecular complexity index is 316. The van der Waals surface area contributed by atoms with E-state index in [1.54, 1.807) is 0 Å². The van der Waals surface area contributed by atoms with Gasteiger partial charge in [-0.25, -0.2) is 0 Å². The molecule has 1 saturated carbocycles. The minimum absolute atomic E-state index is 0.289. The molecular formula is C11H18N2. The maximum atomic E-state index is 6.06. The van der Waals surface area contributed by atoms with Crippen molar-refractivity contribution in [1.29, 1.82) is 0 Å². The Morgan fingerprint density at radius 3 is 2.23 bits per heavy atom. The van der Waals surface area contributed by atoms with Crippen LogP contribution in [0.2, 0.25) is 0 Å². The quantitative estimate of drug-likeness (QED) is 0.679. The minimum atomic E-state index is 0.289. The lowest BCUT2D eigenvalue weighted by Crippen LogP contribution is -2.06. The van der Waals surface area contributed by atoms with Crippen LogP contribution in [0.15, 0.2) is 6.20 Å². The molecule has 2 heteroatoms. The van der Waals surface area contributed by atoms with Crippen LogP contribution in [-0.2, 0) is 0 Å². The number of H-pyrrole nitrogens is 1. The molecule has 3 N–H and O–H groups in total. The Kier molecular flexibility index (Phi) is 1.62. The fourth-order valence-electron chi connectivity index (χ4n) is 2.38. The van der Waals surface area contributed by atoms with Gasteiger partial charge in [0.15, 0.2) is 0 Å². The molecule has 1 aliphatic rings. The number of hydrogen-bond acceptors (Lipinski definition) is 1. The summed E-state index contributed by atoms with van der Waals surface area (Å²) in [7, 11) is 0. The van der Waals surface area contributed by atoms with Crippen LogP contribution in [0.4, 0.5) is 0 Å². The van der Waals surface area contributed by atoms with Crippen molar-refractivity contribution < 1.29 is 0 Å². The molecule has 0 aliphatic heterocycles. The first kappa shape index (κ1) is 8.82. The van der Waals surface area contributed by atoms with Gasteiger partial charge in [0.1, 0.15) is 0 Å². The SMILES string of the molecule is Cc1c[nH]c(C)c1C1C(N)C1(C)C. The lowest BCUT2D eigenvalue weighted by molar-refractivity contribution is 0.598. The van der Waals surface area contributed by atoms with E-state index in [2.05, 4.69) is 38.9 Å². The monoisotopic (exact) mass is 178 g/mol. The zero-order valence-corrected chi connectivity index (χ0v) is 8.81. The second-order valence-electron chi connectivity index (χ2n) is 4.84. The van der Waals surface area contributed by atoms with E-state index in [0.29, 0.717) is 12.0 Å². The van der Waals surface area contributed by atoms with Crippen molar-refractivity contribution in [1.82, 2.24) is 4.98 Å². The molecule has 2 rings (SSSR count). The van der Waals surface area contributed by atoms with Gasteiger partial charge in [-0.3, -0.25) is 0 Å². The molecule has 1 heterocycles. The molecule has 0 radical (unpaired) electrons. The summed E-state index contributed by atoms with van der Waals surface area (Å²) in [4.78, 5) is 3.26. The number of aromatic nitrogens is 1. The van der Waals surface area contributed by atoms with Gasteiger partial charge >= 0.3 is 0 Å². The molecule has 1 aromatic heterocycles. The van der Waals surface area contributed by atoms with Crippen molar-refractivity contribution in [2.75, 3.05) is 0 Å². The van der Waals surface area contributed by atoms with E-state index < -0.39 is 0 Å². The number of aromatic amines is 1. The highest BCUT2D eigenvalue weighted by atomic mass is 14.9. The van der Waals surface area contributed by atoms with Gasteiger partial charge in [-0.2, -0.15) is 0 Å². The molecule has 0 aromatic carbocycles. The molecule has 2 unspecified atom stereocenters. The van der Waals surface area contributed by atoms with Crippen LogP contribution in [0.1, 0.15) is 36.6 Å². The fraction of sp³-hybridized carbons (Fsp3) is 0.636. The largest absolute Gasteiger partial charge is 0.365 e. The van der Waals surface area contributed by atoms with Crippen LogP contribution in [0.3, 0.4) is 0 Å². The van der Waals surface area contributed by atoms with Gasteiger partial charge in [-0.1, -0.05) is 13.8 Å². The first-order chi connectivity index (χ1) is 5.96. The van der Waals surface area contributed by atoms with Crippen LogP contribution in [0.25, 0.3) is 0 Å². The van der Waals surface area contributed by atoms with Gasteiger partial charge in [-0.15, -0.1) is 0 Å². The van der Waals surface area contributed by atoms with E-state index in [9.17, 15) is 0 Å². The Hall–Kier alpha value is -0.760. The maximum Gasteiger partial charge on any atom is 0.0172 e. The normalized spacial score (nSPS) is 30.5. The lowest BCUT2D eigenvalue weighted by atomic mass is 10.0. The zero-order chi connectivity index (χ0) is 9.80. The summed E-state index contributed by atoms with van der Waals surface area (Å²) >= 11 is 0. The van der Waals surface area contributed by atoms with Crippen LogP contribution in [0.5, 0.6) is 0 Å². The van der Waals surface area contributed by atoms with Gasteiger partial charge in [0.2, 0.25) is 0 Å². The summed E-state index contributed by atoms with van der Waals surface area (Å²) in [6, 6.07) is 0.334. The van der Waals surface area contributed by atoms with Crippen molar-refractivity contribution in [2.45, 2.75) is 39.7 Å². The number of aryl methyl sites for hydroxylation is 2. The Morgan fingerprint density at radius 1 is 1.38 bits per heavy atom. The molecule has 0 spiro atoms. The van der Waals surface area contributed by atoms with Gasteiger partial charge in [0.25, 0.3) is 0 Å². The van der Waals surface area contributed by atoms with E-state index in [1.165, 1.54) is 16.8 Å². The molecule has 13 heavy (non-hydrogen) atoms. The highest BCUT2D eigenvalue weighted by Gasteiger charge is 2.57. The maximum absolute atomic E-state index is 6.06. The molecule has 2 atom stereocenters. The molecule has 72 valence electrons. The predicted octanol–water partition coefficient (Wildman–Crippen LogP) is 2.08. The third kappa shape index (κ3) is 1.05. The zero-order valence-electron chi connectivity index (χ0n) is 8.81. The molecule has 1 aromatic rings. The van der Waals surface area contributed by atoms with Crippen LogP contribution in [0, 0.1) is 19.3 Å². The molecule has 0 saturated heterocycles. The number of rotatable bonds is 1. The van der Waals surface area contributed by atoms with E-state index in [-0.39, 0.29) is 5.41 Å². The second kappa shape index (κ2) is 2.38. The van der Waals surface area contributed by atoms with E-state index in [4.69, 9.17) is 5.73 Å². The Labute approximate surface area is 79.5 Å². The van der Waals surface area contributed by atoms with Crippen molar-refractivity contribution in [3.63, 3.8) is 0 Å². The average Bonchev–Trinajstić information content (AvgIpc) is 2.40. The predicted molar refractivity (Wildman–Crippen MR) is 54.8 cm³/mol. The molecular weight excluding hydrogens is 160 g/mol. The summed E-state index contributed by atoms with van der Waals surface area (Å²) in [5.41, 5.74) is 10.4. The van der Waals surface area contributed by atoms with Crippen molar-refractivity contribution in [2.24, 2.45) is 11.1 Å². The van der Waals surface area contributed by atoms with Gasteiger partial charge in [0.05, 0.1) is 0 Å². The van der Waals surface area contributed by atoms with Crippen LogP contribution >= 0.6 is 0 Å². The van der Waals surface area contributed by atoms with Crippen molar-refractivity contribution in [3.8, 4) is 0 Å². The summed E-state index contributed by atoms with van der Waals surface area (Å²) in [6.07, 6.45) is 2.08. The molecule has 2 nitrogen and oxygen atoms in total. The summed E-state index contributed by atoms with van der Waals surface area (Å²) in [5, 5.41) is 0. The lowest BCUT2D eigenvalue weighted by Gasteiger charge is -2.03. The molecule has 1 fully saturated rings. The van der Waals surface area contributed by atoms with Crippen molar-refractivity contribution >= 4 is 0 Å². The van der Waals surface area contributed by atoms with Gasteiger partial charge in [0, 0.05) is 23.9 Å². The smallest absolute Gasteiger partial charge is 0.0172 e. The highest BCUT2D eigenvalue weighted by Crippen LogP contribution is 2.58. The van der Waals surface area contributed by atoms with Crippen LogP contribution < -0.4 is 5.73 Å². The summed E-state index contributed by atoms with van der Waals surface area (Å²) < 4.78 is 0. The first-order valence-corrected chi connectivity index (χ1v) is 4.86. The fourth-order valence-corrected chi connectivity index (χ4v) is 2.38. The third-order valence-corrected chi connectivity index (χ3v) is 3.56. The van der Waals surface area contributed by atoms with E-state index in [0.717, 1.165) is 0 Å². The molecule has 1 aliphatic carbocycles. The van der Waals surface area contributed by atoms with Gasteiger partial charge in [-0.05, 0) is 30.4 Å². The highest BCUT2D eigenvalue weighted by molar-refractivity contribution is 5.42. The van der Waals surface area contributed by atoms with E-state index >= 15 is 0 Å². The van der Waals surface area contributed by atoms with Crippen LogP contribution in [-0.4, -0.2) is 11.0 Å². The number of hydrogen-bond donors (Lipinski definition) is 2. The Morgan fingerprint density at radius 2 is 1.92 bits per heavy atom. The number of nitrogens with one attached hydrogen (secondary N) is 1. The Balaban J connectivity index is 2.39. The molecule has 0 bridgehead atoms. The topological polar surface area (TPSA) is 41.8 Å². The average molecular weight is 178 g/mol. The summed E-state index contributed by atoms with van der Waals surface area (Å²) in [5.74, 6) is 0.554.